The van der Waals surface area contributed by atoms with Crippen LogP contribution >= 0.6 is 34.9 Å². The van der Waals surface area contributed by atoms with Crippen LogP contribution < -0.4 is 10.2 Å². The van der Waals surface area contributed by atoms with Crippen molar-refractivity contribution in [2.75, 3.05) is 35.3 Å². The molecule has 1 N–H and O–H groups in total. The Bertz CT molecular complexity index is 668. The molecule has 1 aliphatic heterocycles. The van der Waals surface area contributed by atoms with Gasteiger partial charge in [0, 0.05) is 24.5 Å². The summed E-state index contributed by atoms with van der Waals surface area (Å²) in [5.41, 5.74) is 2.07. The minimum absolute atomic E-state index is 0.0216. The van der Waals surface area contributed by atoms with E-state index in [1.165, 1.54) is 48.0 Å². The highest BCUT2D eigenvalue weighted by Gasteiger charge is 2.11. The molecule has 1 saturated heterocycles. The molecule has 1 aromatic carbocycles. The van der Waals surface area contributed by atoms with Gasteiger partial charge in [0.2, 0.25) is 5.91 Å². The van der Waals surface area contributed by atoms with E-state index in [1.54, 1.807) is 11.8 Å². The van der Waals surface area contributed by atoms with Crippen molar-refractivity contribution in [3.05, 3.63) is 24.3 Å². The Morgan fingerprint density at radius 2 is 1.88 bits per heavy atom. The molecule has 0 radical (unpaired) electrons. The molecular weight excluding hydrogens is 360 g/mol. The highest BCUT2D eigenvalue weighted by Crippen LogP contribution is 2.27. The summed E-state index contributed by atoms with van der Waals surface area (Å²) in [6, 6.07) is 8.12. The molecular formula is C16H20N4OS3. The molecule has 8 heteroatoms. The van der Waals surface area contributed by atoms with E-state index < -0.39 is 0 Å². The van der Waals surface area contributed by atoms with Crippen LogP contribution in [0, 0.1) is 0 Å². The summed E-state index contributed by atoms with van der Waals surface area (Å²) in [4.78, 5) is 14.5. The number of benzene rings is 1. The third kappa shape index (κ3) is 4.87. The van der Waals surface area contributed by atoms with Crippen LogP contribution in [0.3, 0.4) is 0 Å². The third-order valence-corrected chi connectivity index (χ3v) is 6.79. The second-order valence-electron chi connectivity index (χ2n) is 5.47. The Morgan fingerprint density at radius 1 is 1.17 bits per heavy atom. The monoisotopic (exact) mass is 380 g/mol. The lowest BCUT2D eigenvalue weighted by Gasteiger charge is -2.28. The van der Waals surface area contributed by atoms with Gasteiger partial charge in [-0.3, -0.25) is 4.79 Å². The number of thioether (sulfide) groups is 2. The summed E-state index contributed by atoms with van der Waals surface area (Å²) in [6.07, 6.45) is 5.82. The normalized spacial score (nSPS) is 14.6. The first-order valence-electron chi connectivity index (χ1n) is 7.90. The number of piperidine rings is 1. The number of nitrogens with zero attached hydrogens (tertiary/aromatic N) is 3. The van der Waals surface area contributed by atoms with E-state index in [-0.39, 0.29) is 5.91 Å². The quantitative estimate of drug-likeness (QED) is 0.765. The maximum atomic E-state index is 12.1. The maximum absolute atomic E-state index is 12.1. The standard InChI is InChI=1S/C16H20N4OS3/c1-22-15-18-19-16(24-15)23-11-14(21)17-12-5-7-13(8-6-12)20-9-3-2-4-10-20/h5-8H,2-4,9-11H2,1H3,(H,17,21). The molecule has 24 heavy (non-hydrogen) atoms. The Hall–Kier alpha value is -1.25. The molecule has 3 rings (SSSR count). The molecule has 1 aliphatic rings. The van der Waals surface area contributed by atoms with Gasteiger partial charge in [-0.2, -0.15) is 0 Å². The molecule has 5 nitrogen and oxygen atoms in total. The summed E-state index contributed by atoms with van der Waals surface area (Å²) >= 11 is 4.50. The lowest BCUT2D eigenvalue weighted by atomic mass is 10.1. The van der Waals surface area contributed by atoms with E-state index in [1.807, 2.05) is 18.4 Å². The van der Waals surface area contributed by atoms with E-state index in [0.717, 1.165) is 27.5 Å². The fourth-order valence-corrected chi connectivity index (χ4v) is 4.81. The lowest BCUT2D eigenvalue weighted by Crippen LogP contribution is -2.29. The minimum Gasteiger partial charge on any atom is -0.372 e. The molecule has 1 fully saturated rings. The first kappa shape index (κ1) is 17.6. The van der Waals surface area contributed by atoms with Crippen LogP contribution in [0.25, 0.3) is 0 Å². The number of nitrogens with one attached hydrogen (secondary N) is 1. The Morgan fingerprint density at radius 3 is 2.54 bits per heavy atom. The summed E-state index contributed by atoms with van der Waals surface area (Å²) in [5.74, 6) is 0.322. The number of hydrogen-bond acceptors (Lipinski definition) is 7. The van der Waals surface area contributed by atoms with Crippen molar-refractivity contribution < 1.29 is 4.79 Å². The predicted octanol–water partition coefficient (Wildman–Crippen LogP) is 3.98. The van der Waals surface area contributed by atoms with Gasteiger partial charge in [-0.1, -0.05) is 34.9 Å². The topological polar surface area (TPSA) is 58.1 Å². The maximum Gasteiger partial charge on any atom is 0.234 e. The molecule has 0 saturated carbocycles. The van der Waals surface area contributed by atoms with Gasteiger partial charge < -0.3 is 10.2 Å². The molecule has 1 amide bonds. The average molecular weight is 381 g/mol. The zero-order valence-corrected chi connectivity index (χ0v) is 16.0. The van der Waals surface area contributed by atoms with Crippen LogP contribution in [-0.2, 0) is 4.79 Å². The molecule has 1 aromatic heterocycles. The predicted molar refractivity (Wildman–Crippen MR) is 104 cm³/mol. The second-order valence-corrected chi connectivity index (χ2v) is 8.72. The summed E-state index contributed by atoms with van der Waals surface area (Å²) in [6.45, 7) is 2.25. The second kappa shape index (κ2) is 8.73. The molecule has 0 spiro atoms. The third-order valence-electron chi connectivity index (χ3n) is 3.76. The van der Waals surface area contributed by atoms with Gasteiger partial charge in [-0.15, -0.1) is 10.2 Å². The first-order valence-corrected chi connectivity index (χ1v) is 10.9. The fraction of sp³-hybridized carbons (Fsp3) is 0.438. The van der Waals surface area contributed by atoms with Crippen molar-refractivity contribution >= 4 is 52.1 Å². The summed E-state index contributed by atoms with van der Waals surface area (Å²) < 4.78 is 1.75. The van der Waals surface area contributed by atoms with Crippen molar-refractivity contribution in [2.45, 2.75) is 27.9 Å². The van der Waals surface area contributed by atoms with Crippen LogP contribution in [0.4, 0.5) is 11.4 Å². The van der Waals surface area contributed by atoms with Crippen molar-refractivity contribution in [3.63, 3.8) is 0 Å². The van der Waals surface area contributed by atoms with Crippen LogP contribution in [0.5, 0.6) is 0 Å². The molecule has 2 aromatic rings. The highest BCUT2D eigenvalue weighted by atomic mass is 32.2. The Kier molecular flexibility index (Phi) is 6.39. The van der Waals surface area contributed by atoms with Crippen LogP contribution in [0.15, 0.2) is 32.9 Å². The van der Waals surface area contributed by atoms with Crippen molar-refractivity contribution in [1.29, 1.82) is 0 Å². The fourth-order valence-electron chi connectivity index (χ4n) is 2.57. The SMILES string of the molecule is CSc1nnc(SCC(=O)Nc2ccc(N3CCCCC3)cc2)s1. The average Bonchev–Trinajstić information content (AvgIpc) is 3.10. The number of anilines is 2. The van der Waals surface area contributed by atoms with E-state index in [0.29, 0.717) is 5.75 Å². The number of aromatic nitrogens is 2. The number of carbonyl (C=O) groups is 1. The highest BCUT2D eigenvalue weighted by molar-refractivity contribution is 8.03. The Balaban J connectivity index is 1.48. The van der Waals surface area contributed by atoms with Crippen molar-refractivity contribution in [1.82, 2.24) is 10.2 Å². The number of carbonyl (C=O) groups excluding carboxylic acids is 1. The molecule has 0 atom stereocenters. The van der Waals surface area contributed by atoms with Gasteiger partial charge in [0.25, 0.3) is 0 Å². The molecule has 2 heterocycles. The minimum atomic E-state index is -0.0216. The van der Waals surface area contributed by atoms with Gasteiger partial charge in [0.1, 0.15) is 0 Å². The van der Waals surface area contributed by atoms with Crippen LogP contribution in [0.2, 0.25) is 0 Å². The van der Waals surface area contributed by atoms with Crippen molar-refractivity contribution in [2.24, 2.45) is 0 Å². The van der Waals surface area contributed by atoms with Gasteiger partial charge >= 0.3 is 0 Å². The van der Waals surface area contributed by atoms with Gasteiger partial charge in [0.05, 0.1) is 5.75 Å². The van der Waals surface area contributed by atoms with Gasteiger partial charge in [0.15, 0.2) is 8.68 Å². The Labute approximate surface area is 154 Å². The summed E-state index contributed by atoms with van der Waals surface area (Å²) in [5, 5.41) is 11.0. The molecule has 0 unspecified atom stereocenters. The van der Waals surface area contributed by atoms with Gasteiger partial charge in [-0.25, -0.2) is 0 Å². The van der Waals surface area contributed by atoms with Gasteiger partial charge in [-0.05, 0) is 49.8 Å². The zero-order chi connectivity index (χ0) is 16.8. The molecule has 0 bridgehead atoms. The first-order chi connectivity index (χ1) is 11.7. The molecule has 0 aliphatic carbocycles. The zero-order valence-electron chi connectivity index (χ0n) is 13.5. The van der Waals surface area contributed by atoms with Crippen molar-refractivity contribution in [3.8, 4) is 0 Å². The smallest absolute Gasteiger partial charge is 0.234 e. The number of hydrogen-bond donors (Lipinski definition) is 1. The van der Waals surface area contributed by atoms with Crippen LogP contribution in [0.1, 0.15) is 19.3 Å². The molecule has 128 valence electrons. The largest absolute Gasteiger partial charge is 0.372 e. The van der Waals surface area contributed by atoms with E-state index in [2.05, 4.69) is 32.5 Å². The van der Waals surface area contributed by atoms with E-state index in [4.69, 9.17) is 0 Å². The van der Waals surface area contributed by atoms with E-state index in [9.17, 15) is 4.79 Å². The van der Waals surface area contributed by atoms with Crippen LogP contribution in [-0.4, -0.2) is 41.2 Å². The lowest BCUT2D eigenvalue weighted by molar-refractivity contribution is -0.113. The van der Waals surface area contributed by atoms with E-state index >= 15 is 0 Å². The number of amides is 1. The number of rotatable bonds is 6. The summed E-state index contributed by atoms with van der Waals surface area (Å²) in [7, 11) is 0.